The second-order valence-corrected chi connectivity index (χ2v) is 5.81. The largest absolute Gasteiger partial charge is 0.391 e. The maximum absolute atomic E-state index is 14.1. The number of benzene rings is 1. The fourth-order valence-electron chi connectivity index (χ4n) is 3.26. The van der Waals surface area contributed by atoms with Gasteiger partial charge in [-0.1, -0.05) is 6.07 Å². The van der Waals surface area contributed by atoms with E-state index in [2.05, 4.69) is 0 Å². The summed E-state index contributed by atoms with van der Waals surface area (Å²) in [6, 6.07) is 2.95. The van der Waals surface area contributed by atoms with Gasteiger partial charge in [-0.2, -0.15) is 13.2 Å². The average Bonchev–Trinajstić information content (AvgIpc) is 2.25. The van der Waals surface area contributed by atoms with Gasteiger partial charge in [-0.15, -0.1) is 0 Å². The van der Waals surface area contributed by atoms with E-state index in [-0.39, 0.29) is 24.8 Å². The molecule has 0 bridgehead atoms. The number of aryl methyl sites for hydroxylation is 2. The van der Waals surface area contributed by atoms with Crippen molar-refractivity contribution in [1.82, 2.24) is 0 Å². The molecule has 1 aromatic rings. The number of hydrogen-bond donors (Lipinski definition) is 1. The highest BCUT2D eigenvalue weighted by molar-refractivity contribution is 5.36. The van der Waals surface area contributed by atoms with Crippen LogP contribution < -0.4 is 0 Å². The summed E-state index contributed by atoms with van der Waals surface area (Å²) in [7, 11) is 0. The molecule has 2 unspecified atom stereocenters. The van der Waals surface area contributed by atoms with Crippen molar-refractivity contribution in [3.8, 4) is 0 Å². The van der Waals surface area contributed by atoms with Gasteiger partial charge < -0.3 is 5.11 Å². The number of halogens is 4. The van der Waals surface area contributed by atoms with Crippen LogP contribution in [0.4, 0.5) is 17.6 Å². The maximum Gasteiger partial charge on any atom is 0.391 e. The summed E-state index contributed by atoms with van der Waals surface area (Å²) in [4.78, 5) is 0. The van der Waals surface area contributed by atoms with Crippen molar-refractivity contribution >= 4 is 0 Å². The van der Waals surface area contributed by atoms with E-state index in [1.807, 2.05) is 0 Å². The molecule has 0 spiro atoms. The Balaban J connectivity index is 2.40. The molecule has 0 aliphatic heterocycles. The van der Waals surface area contributed by atoms with Gasteiger partial charge in [0.15, 0.2) is 0 Å². The molecule has 0 amide bonds. The summed E-state index contributed by atoms with van der Waals surface area (Å²) in [6.07, 6.45) is -4.40. The van der Waals surface area contributed by atoms with Gasteiger partial charge in [0.25, 0.3) is 0 Å². The van der Waals surface area contributed by atoms with Crippen LogP contribution in [0.15, 0.2) is 12.1 Å². The first-order valence-corrected chi connectivity index (χ1v) is 6.70. The quantitative estimate of drug-likeness (QED) is 0.761. The Morgan fingerprint density at radius 2 is 1.90 bits per heavy atom. The van der Waals surface area contributed by atoms with E-state index in [0.29, 0.717) is 11.1 Å². The summed E-state index contributed by atoms with van der Waals surface area (Å²) in [5.41, 5.74) is -0.499. The van der Waals surface area contributed by atoms with Crippen LogP contribution in [-0.4, -0.2) is 11.3 Å². The molecule has 112 valence electrons. The van der Waals surface area contributed by atoms with E-state index < -0.39 is 29.9 Å². The molecule has 20 heavy (non-hydrogen) atoms. The lowest BCUT2D eigenvalue weighted by molar-refractivity contribution is -0.202. The molecule has 1 aliphatic rings. The van der Waals surface area contributed by atoms with E-state index in [4.69, 9.17) is 0 Å². The number of aliphatic hydroxyl groups is 1. The zero-order valence-electron chi connectivity index (χ0n) is 11.5. The van der Waals surface area contributed by atoms with E-state index in [1.165, 1.54) is 6.07 Å². The Bertz CT molecular complexity index is 486. The molecule has 1 saturated carbocycles. The smallest absolute Gasteiger partial charge is 0.385 e. The van der Waals surface area contributed by atoms with E-state index >= 15 is 0 Å². The van der Waals surface area contributed by atoms with Gasteiger partial charge in [-0.25, -0.2) is 4.39 Å². The van der Waals surface area contributed by atoms with Crippen molar-refractivity contribution < 1.29 is 22.7 Å². The molecule has 1 nitrogen and oxygen atoms in total. The van der Waals surface area contributed by atoms with Crippen LogP contribution in [-0.2, 0) is 5.60 Å². The zero-order chi connectivity index (χ0) is 15.1. The minimum Gasteiger partial charge on any atom is -0.385 e. The van der Waals surface area contributed by atoms with Crippen LogP contribution in [0.5, 0.6) is 0 Å². The lowest BCUT2D eigenvalue weighted by Gasteiger charge is -2.39. The molecular formula is C15H18F4O. The third-order valence-corrected chi connectivity index (χ3v) is 4.09. The third-order valence-electron chi connectivity index (χ3n) is 4.09. The molecule has 1 N–H and O–H groups in total. The molecule has 2 rings (SSSR count). The molecule has 1 aliphatic carbocycles. The fourth-order valence-corrected chi connectivity index (χ4v) is 3.26. The predicted molar refractivity (Wildman–Crippen MR) is 67.8 cm³/mol. The van der Waals surface area contributed by atoms with Crippen LogP contribution in [0.3, 0.4) is 0 Å². The topological polar surface area (TPSA) is 20.2 Å². The van der Waals surface area contributed by atoms with Crippen LogP contribution in [0.25, 0.3) is 0 Å². The van der Waals surface area contributed by atoms with Crippen molar-refractivity contribution in [3.63, 3.8) is 0 Å². The minimum atomic E-state index is -4.34. The summed E-state index contributed by atoms with van der Waals surface area (Å²) in [6.45, 7) is 3.34. The van der Waals surface area contributed by atoms with Crippen molar-refractivity contribution in [1.29, 1.82) is 0 Å². The summed E-state index contributed by atoms with van der Waals surface area (Å²) >= 11 is 0. The Morgan fingerprint density at radius 3 is 2.45 bits per heavy atom. The molecule has 5 heteroatoms. The highest BCUT2D eigenvalue weighted by Gasteiger charge is 2.48. The Hall–Kier alpha value is -1.10. The highest BCUT2D eigenvalue weighted by atomic mass is 19.4. The summed E-state index contributed by atoms with van der Waals surface area (Å²) in [5, 5.41) is 10.6. The van der Waals surface area contributed by atoms with Crippen molar-refractivity contribution in [2.45, 2.75) is 51.3 Å². The van der Waals surface area contributed by atoms with Gasteiger partial charge in [-0.3, -0.25) is 0 Å². The summed E-state index contributed by atoms with van der Waals surface area (Å²) in [5.74, 6) is -2.19. The van der Waals surface area contributed by atoms with Crippen LogP contribution >= 0.6 is 0 Å². The van der Waals surface area contributed by atoms with Gasteiger partial charge in [-0.05, 0) is 56.7 Å². The average molecular weight is 290 g/mol. The first kappa shape index (κ1) is 15.3. The molecular weight excluding hydrogens is 272 g/mol. The van der Waals surface area contributed by atoms with Crippen molar-refractivity contribution in [2.24, 2.45) is 5.92 Å². The van der Waals surface area contributed by atoms with Crippen LogP contribution in [0.1, 0.15) is 42.4 Å². The number of alkyl halides is 3. The summed E-state index contributed by atoms with van der Waals surface area (Å²) < 4.78 is 52.7. The third kappa shape index (κ3) is 2.82. The molecule has 2 atom stereocenters. The van der Waals surface area contributed by atoms with Crippen molar-refractivity contribution in [3.05, 3.63) is 34.6 Å². The molecule has 0 radical (unpaired) electrons. The number of hydrogen-bond acceptors (Lipinski definition) is 1. The van der Waals surface area contributed by atoms with E-state index in [9.17, 15) is 22.7 Å². The first-order chi connectivity index (χ1) is 9.13. The Labute approximate surface area is 115 Å². The van der Waals surface area contributed by atoms with Crippen molar-refractivity contribution in [2.75, 3.05) is 0 Å². The Kier molecular flexibility index (Phi) is 3.84. The van der Waals surface area contributed by atoms with Gasteiger partial charge in [0.05, 0.1) is 11.5 Å². The lowest BCUT2D eigenvalue weighted by atomic mass is 9.72. The molecule has 1 aromatic carbocycles. The van der Waals surface area contributed by atoms with E-state index in [0.717, 1.165) is 0 Å². The second kappa shape index (κ2) is 5.02. The SMILES string of the molecule is Cc1cc(C)c(C2(O)CCCC(C(F)(F)F)C2)c(F)c1. The molecule has 0 saturated heterocycles. The standard InChI is InChI=1S/C15H18F4O/c1-9-6-10(2)13(12(16)7-9)14(20)5-3-4-11(8-14)15(17,18)19/h6-7,11,20H,3-5,8H2,1-2H3. The maximum atomic E-state index is 14.1. The fraction of sp³-hybridized carbons (Fsp3) is 0.600. The highest BCUT2D eigenvalue weighted by Crippen LogP contribution is 2.47. The van der Waals surface area contributed by atoms with Crippen LogP contribution in [0.2, 0.25) is 0 Å². The molecule has 1 fully saturated rings. The zero-order valence-corrected chi connectivity index (χ0v) is 11.5. The van der Waals surface area contributed by atoms with E-state index in [1.54, 1.807) is 19.9 Å². The predicted octanol–water partition coefficient (Wildman–Crippen LogP) is 4.38. The normalized spacial score (nSPS) is 27.6. The minimum absolute atomic E-state index is 0.00165. The van der Waals surface area contributed by atoms with Gasteiger partial charge in [0.1, 0.15) is 5.82 Å². The van der Waals surface area contributed by atoms with Gasteiger partial charge in [0.2, 0.25) is 0 Å². The van der Waals surface area contributed by atoms with Crippen LogP contribution in [0, 0.1) is 25.6 Å². The number of rotatable bonds is 1. The monoisotopic (exact) mass is 290 g/mol. The second-order valence-electron chi connectivity index (χ2n) is 5.81. The molecule has 0 heterocycles. The lowest BCUT2D eigenvalue weighted by Crippen LogP contribution is -2.39. The first-order valence-electron chi connectivity index (χ1n) is 6.70. The Morgan fingerprint density at radius 1 is 1.25 bits per heavy atom. The molecule has 0 aromatic heterocycles. The van der Waals surface area contributed by atoms with Gasteiger partial charge >= 0.3 is 6.18 Å². The van der Waals surface area contributed by atoms with Gasteiger partial charge in [0, 0.05) is 5.56 Å².